The molecule has 0 amide bonds. The summed E-state index contributed by atoms with van der Waals surface area (Å²) in [6.07, 6.45) is 3.37. The Morgan fingerprint density at radius 3 is 3.07 bits per heavy atom. The van der Waals surface area contributed by atoms with E-state index in [1.54, 1.807) is 17.0 Å². The number of hydrogen-bond acceptors (Lipinski definition) is 4. The Morgan fingerprint density at radius 1 is 1.57 bits per heavy atom. The zero-order valence-electron chi connectivity index (χ0n) is 7.31. The smallest absolute Gasteiger partial charge is 0.223 e. The first-order valence-corrected chi connectivity index (χ1v) is 4.35. The van der Waals surface area contributed by atoms with Crippen LogP contribution in [0.4, 0.5) is 5.95 Å². The summed E-state index contributed by atoms with van der Waals surface area (Å²) in [7, 11) is 0. The molecule has 2 N–H and O–H groups in total. The number of halogens is 1. The quantitative estimate of drug-likeness (QED) is 0.597. The van der Waals surface area contributed by atoms with Crippen LogP contribution in [0.1, 0.15) is 0 Å². The van der Waals surface area contributed by atoms with E-state index in [2.05, 4.69) is 21.5 Å². The van der Waals surface area contributed by atoms with Gasteiger partial charge in [0.2, 0.25) is 5.95 Å². The van der Waals surface area contributed by atoms with E-state index in [1.165, 1.54) is 0 Å². The minimum absolute atomic E-state index is 0.147. The van der Waals surface area contributed by atoms with Crippen LogP contribution >= 0.6 is 11.6 Å². The fraction of sp³-hybridized carbons (Fsp3) is 0.125. The minimum atomic E-state index is 0.147. The Balaban J connectivity index is 2.71. The summed E-state index contributed by atoms with van der Waals surface area (Å²) in [5.41, 5.74) is 6.66. The summed E-state index contributed by atoms with van der Waals surface area (Å²) in [6.45, 7) is 4.25. The predicted molar refractivity (Wildman–Crippen MR) is 54.9 cm³/mol. The molecule has 72 valence electrons. The van der Waals surface area contributed by atoms with Crippen LogP contribution in [0, 0.1) is 0 Å². The van der Waals surface area contributed by atoms with Gasteiger partial charge in [0.15, 0.2) is 10.8 Å². The van der Waals surface area contributed by atoms with Gasteiger partial charge in [-0.05, 0) is 0 Å². The van der Waals surface area contributed by atoms with Gasteiger partial charge in [0.05, 0.1) is 6.33 Å². The van der Waals surface area contributed by atoms with E-state index in [1.807, 2.05) is 0 Å². The maximum absolute atomic E-state index is 5.84. The molecular weight excluding hydrogens is 202 g/mol. The summed E-state index contributed by atoms with van der Waals surface area (Å²) in [4.78, 5) is 11.9. The lowest BCUT2D eigenvalue weighted by Crippen LogP contribution is -1.99. The van der Waals surface area contributed by atoms with E-state index in [9.17, 15) is 0 Å². The number of allylic oxidation sites excluding steroid dienone is 1. The minimum Gasteiger partial charge on any atom is -0.368 e. The third-order valence-electron chi connectivity index (χ3n) is 1.76. The zero-order chi connectivity index (χ0) is 10.1. The molecule has 0 aliphatic carbocycles. The fourth-order valence-electron chi connectivity index (χ4n) is 1.20. The van der Waals surface area contributed by atoms with Gasteiger partial charge in [-0.25, -0.2) is 4.98 Å². The molecule has 0 atom stereocenters. The number of nitrogen functional groups attached to an aromatic ring is 1. The van der Waals surface area contributed by atoms with Crippen LogP contribution in [0.2, 0.25) is 5.15 Å². The molecule has 14 heavy (non-hydrogen) atoms. The Labute approximate surface area is 85.2 Å². The average Bonchev–Trinajstić information content (AvgIpc) is 2.49. The zero-order valence-corrected chi connectivity index (χ0v) is 8.07. The van der Waals surface area contributed by atoms with Gasteiger partial charge in [0, 0.05) is 6.54 Å². The maximum atomic E-state index is 5.84. The number of fused-ring (bicyclic) bond motifs is 1. The number of anilines is 1. The Bertz CT molecular complexity index is 490. The van der Waals surface area contributed by atoms with Crippen molar-refractivity contribution in [2.45, 2.75) is 6.54 Å². The molecule has 2 aromatic rings. The Morgan fingerprint density at radius 2 is 2.36 bits per heavy atom. The summed E-state index contributed by atoms with van der Waals surface area (Å²) in [6, 6.07) is 0. The van der Waals surface area contributed by atoms with E-state index >= 15 is 0 Å². The number of aromatic nitrogens is 4. The monoisotopic (exact) mass is 209 g/mol. The van der Waals surface area contributed by atoms with E-state index in [4.69, 9.17) is 17.3 Å². The van der Waals surface area contributed by atoms with Crippen LogP contribution < -0.4 is 5.73 Å². The van der Waals surface area contributed by atoms with Crippen molar-refractivity contribution in [3.05, 3.63) is 24.1 Å². The molecule has 2 rings (SSSR count). The number of rotatable bonds is 2. The van der Waals surface area contributed by atoms with Gasteiger partial charge < -0.3 is 10.3 Å². The summed E-state index contributed by atoms with van der Waals surface area (Å²) in [5, 5.41) is 0.273. The second-order valence-corrected chi connectivity index (χ2v) is 3.09. The van der Waals surface area contributed by atoms with Gasteiger partial charge in [0.1, 0.15) is 5.52 Å². The molecule has 0 saturated heterocycles. The van der Waals surface area contributed by atoms with Crippen molar-refractivity contribution in [3.63, 3.8) is 0 Å². The van der Waals surface area contributed by atoms with E-state index in [0.717, 1.165) is 0 Å². The van der Waals surface area contributed by atoms with Crippen LogP contribution in [0.5, 0.6) is 0 Å². The van der Waals surface area contributed by atoms with Gasteiger partial charge in [-0.1, -0.05) is 17.7 Å². The molecule has 0 aliphatic rings. The SMILES string of the molecule is C=CCn1cnc2c(Cl)nc(N)nc21. The molecule has 0 saturated carbocycles. The standard InChI is InChI=1S/C8H8ClN5/c1-2-3-14-4-11-5-6(9)12-8(10)13-7(5)14/h2,4H,1,3H2,(H2,10,12,13). The average molecular weight is 210 g/mol. The van der Waals surface area contributed by atoms with Gasteiger partial charge in [-0.15, -0.1) is 6.58 Å². The number of nitrogens with zero attached hydrogens (tertiary/aromatic N) is 4. The first-order valence-electron chi connectivity index (χ1n) is 3.97. The highest BCUT2D eigenvalue weighted by atomic mass is 35.5. The lowest BCUT2D eigenvalue weighted by Gasteiger charge is -1.99. The largest absolute Gasteiger partial charge is 0.368 e. The third kappa shape index (κ3) is 1.31. The lowest BCUT2D eigenvalue weighted by molar-refractivity contribution is 0.839. The highest BCUT2D eigenvalue weighted by Gasteiger charge is 2.09. The van der Waals surface area contributed by atoms with Crippen molar-refractivity contribution < 1.29 is 0 Å². The third-order valence-corrected chi connectivity index (χ3v) is 2.03. The van der Waals surface area contributed by atoms with Crippen LogP contribution in [0.25, 0.3) is 11.2 Å². The molecule has 0 unspecified atom stereocenters. The fourth-order valence-corrected chi connectivity index (χ4v) is 1.42. The molecule has 6 heteroatoms. The van der Waals surface area contributed by atoms with Crippen LogP contribution in [-0.2, 0) is 6.54 Å². The van der Waals surface area contributed by atoms with Gasteiger partial charge in [-0.2, -0.15) is 9.97 Å². The lowest BCUT2D eigenvalue weighted by atomic mass is 10.5. The highest BCUT2D eigenvalue weighted by Crippen LogP contribution is 2.19. The van der Waals surface area contributed by atoms with Crippen LogP contribution in [-0.4, -0.2) is 19.5 Å². The van der Waals surface area contributed by atoms with Crippen molar-refractivity contribution in [3.8, 4) is 0 Å². The van der Waals surface area contributed by atoms with E-state index in [0.29, 0.717) is 17.7 Å². The molecule has 2 heterocycles. The molecule has 0 aromatic carbocycles. The molecule has 0 spiro atoms. The van der Waals surface area contributed by atoms with Crippen molar-refractivity contribution >= 4 is 28.7 Å². The summed E-state index contributed by atoms with van der Waals surface area (Å²) in [5.74, 6) is 0.147. The number of imidazole rings is 1. The van der Waals surface area contributed by atoms with Gasteiger partial charge in [-0.3, -0.25) is 0 Å². The van der Waals surface area contributed by atoms with Gasteiger partial charge >= 0.3 is 0 Å². The van der Waals surface area contributed by atoms with E-state index < -0.39 is 0 Å². The first-order chi connectivity index (χ1) is 6.72. The predicted octanol–water partition coefficient (Wildman–Crippen LogP) is 1.25. The molecule has 0 bridgehead atoms. The second-order valence-electron chi connectivity index (χ2n) is 2.73. The molecule has 2 aromatic heterocycles. The second kappa shape index (κ2) is 3.26. The topological polar surface area (TPSA) is 69.6 Å². The maximum Gasteiger partial charge on any atom is 0.223 e. The normalized spacial score (nSPS) is 10.6. The first kappa shape index (κ1) is 8.96. The molecule has 5 nitrogen and oxygen atoms in total. The Kier molecular flexibility index (Phi) is 2.09. The van der Waals surface area contributed by atoms with Crippen molar-refractivity contribution in [1.29, 1.82) is 0 Å². The Hall–Kier alpha value is -1.62. The van der Waals surface area contributed by atoms with Crippen molar-refractivity contribution in [1.82, 2.24) is 19.5 Å². The van der Waals surface area contributed by atoms with Crippen molar-refractivity contribution in [2.24, 2.45) is 0 Å². The highest BCUT2D eigenvalue weighted by molar-refractivity contribution is 6.33. The number of hydrogen-bond donors (Lipinski definition) is 1. The summed E-state index contributed by atoms with van der Waals surface area (Å²) >= 11 is 5.84. The molecule has 0 aliphatic heterocycles. The van der Waals surface area contributed by atoms with Crippen molar-refractivity contribution in [2.75, 3.05) is 5.73 Å². The summed E-state index contributed by atoms with van der Waals surface area (Å²) < 4.78 is 1.80. The van der Waals surface area contributed by atoms with Crippen LogP contribution in [0.3, 0.4) is 0 Å². The number of nitrogens with two attached hydrogens (primary N) is 1. The van der Waals surface area contributed by atoms with Gasteiger partial charge in [0.25, 0.3) is 0 Å². The molecule has 0 fully saturated rings. The van der Waals surface area contributed by atoms with E-state index in [-0.39, 0.29) is 11.1 Å². The molecular formula is C8H8ClN5. The van der Waals surface area contributed by atoms with Crippen LogP contribution in [0.15, 0.2) is 19.0 Å². The molecule has 0 radical (unpaired) electrons.